The van der Waals surface area contributed by atoms with Crippen molar-refractivity contribution in [1.82, 2.24) is 15.1 Å². The van der Waals surface area contributed by atoms with Crippen LogP contribution < -0.4 is 10.5 Å². The van der Waals surface area contributed by atoms with Gasteiger partial charge in [0.15, 0.2) is 0 Å². The van der Waals surface area contributed by atoms with Gasteiger partial charge in [-0.3, -0.25) is 0 Å². The minimum Gasteiger partial charge on any atom is -0.323 e. The Balaban J connectivity index is 0.000000968. The van der Waals surface area contributed by atoms with Gasteiger partial charge in [-0.15, -0.1) is 0 Å². The van der Waals surface area contributed by atoms with Crippen LogP contribution in [0.25, 0.3) is 28.1 Å². The van der Waals surface area contributed by atoms with E-state index in [1.54, 1.807) is 54.6 Å². The number of sulfonamides is 1. The average Bonchev–Trinajstić information content (AvgIpc) is 3.21. The normalized spacial score (nSPS) is 11.2. The maximum absolute atomic E-state index is 14.0. The van der Waals surface area contributed by atoms with Crippen molar-refractivity contribution in [2.75, 3.05) is 14.1 Å². The zero-order valence-corrected chi connectivity index (χ0v) is 18.9. The molecule has 6 nitrogen and oxygen atoms in total. The number of alkyl halides is 2. The second kappa shape index (κ2) is 10.5. The third-order valence-electron chi connectivity index (χ3n) is 4.64. The molecule has 4 aromatic rings. The lowest BCUT2D eigenvalue weighted by Crippen LogP contribution is -2.11. The SMILES string of the molecule is CNC.NS(=O)(=O)c1ccc(-c2c(-c3ccccc3)c(C(F)F)nn2-c2ccccc2)cc1. The smallest absolute Gasteiger partial charge is 0.282 e. The zero-order chi connectivity index (χ0) is 24.0. The molecular formula is C24H24F2N4O2S. The van der Waals surface area contributed by atoms with Gasteiger partial charge in [0.2, 0.25) is 10.0 Å². The average molecular weight is 471 g/mol. The predicted octanol–water partition coefficient (Wildman–Crippen LogP) is 4.63. The van der Waals surface area contributed by atoms with E-state index in [0.29, 0.717) is 22.5 Å². The monoisotopic (exact) mass is 470 g/mol. The molecule has 0 aliphatic heterocycles. The van der Waals surface area contributed by atoms with Gasteiger partial charge in [0.25, 0.3) is 6.43 Å². The van der Waals surface area contributed by atoms with Crippen molar-refractivity contribution in [2.24, 2.45) is 5.14 Å². The van der Waals surface area contributed by atoms with Crippen LogP contribution in [0.15, 0.2) is 89.8 Å². The number of nitrogens with zero attached hydrogens (tertiary/aromatic N) is 2. The van der Waals surface area contributed by atoms with Crippen LogP contribution in [0, 0.1) is 0 Å². The third-order valence-corrected chi connectivity index (χ3v) is 5.57. The fourth-order valence-corrected chi connectivity index (χ4v) is 3.82. The van der Waals surface area contributed by atoms with Gasteiger partial charge in [0.05, 0.1) is 16.3 Å². The zero-order valence-electron chi connectivity index (χ0n) is 18.1. The Kier molecular flexibility index (Phi) is 7.70. The molecule has 0 fully saturated rings. The van der Waals surface area contributed by atoms with E-state index >= 15 is 0 Å². The highest BCUT2D eigenvalue weighted by molar-refractivity contribution is 7.89. The summed E-state index contributed by atoms with van der Waals surface area (Å²) in [5, 5.41) is 12.2. The molecule has 0 bridgehead atoms. The van der Waals surface area contributed by atoms with Crippen molar-refractivity contribution in [3.05, 3.63) is 90.6 Å². The molecule has 172 valence electrons. The molecule has 3 aromatic carbocycles. The number of nitrogens with two attached hydrogens (primary N) is 1. The minimum absolute atomic E-state index is 0.0626. The maximum atomic E-state index is 14.0. The lowest BCUT2D eigenvalue weighted by molar-refractivity contribution is 0.146. The van der Waals surface area contributed by atoms with Crippen LogP contribution in [0.3, 0.4) is 0 Å². The van der Waals surface area contributed by atoms with E-state index in [-0.39, 0.29) is 16.2 Å². The summed E-state index contributed by atoms with van der Waals surface area (Å²) in [5.41, 5.74) is 2.09. The lowest BCUT2D eigenvalue weighted by atomic mass is 9.98. The molecule has 0 spiro atoms. The molecule has 1 aromatic heterocycles. The van der Waals surface area contributed by atoms with Crippen LogP contribution >= 0.6 is 0 Å². The van der Waals surface area contributed by atoms with Gasteiger partial charge < -0.3 is 5.32 Å². The Labute approximate surface area is 191 Å². The third kappa shape index (κ3) is 5.51. The number of rotatable bonds is 5. The number of hydrogen-bond donors (Lipinski definition) is 2. The Hall–Kier alpha value is -3.40. The van der Waals surface area contributed by atoms with Gasteiger partial charge in [-0.1, -0.05) is 60.7 Å². The minimum atomic E-state index is -3.88. The maximum Gasteiger partial charge on any atom is 0.282 e. The van der Waals surface area contributed by atoms with E-state index in [9.17, 15) is 17.2 Å². The molecule has 1 heterocycles. The summed E-state index contributed by atoms with van der Waals surface area (Å²) in [6.45, 7) is 0. The molecule has 3 N–H and O–H groups in total. The first-order valence-electron chi connectivity index (χ1n) is 10.0. The topological polar surface area (TPSA) is 90.0 Å². The van der Waals surface area contributed by atoms with Crippen molar-refractivity contribution < 1.29 is 17.2 Å². The lowest BCUT2D eigenvalue weighted by Gasteiger charge is -2.11. The number of benzene rings is 3. The molecule has 0 atom stereocenters. The molecule has 0 saturated heterocycles. The van der Waals surface area contributed by atoms with Gasteiger partial charge in [-0.25, -0.2) is 27.0 Å². The molecule has 0 unspecified atom stereocenters. The number of hydrogen-bond acceptors (Lipinski definition) is 4. The van der Waals surface area contributed by atoms with E-state index in [4.69, 9.17) is 5.14 Å². The van der Waals surface area contributed by atoms with Crippen LogP contribution in [0.4, 0.5) is 8.78 Å². The molecule has 33 heavy (non-hydrogen) atoms. The Bertz CT molecular complexity index is 1290. The summed E-state index contributed by atoms with van der Waals surface area (Å²) in [6.07, 6.45) is -2.80. The van der Waals surface area contributed by atoms with E-state index in [1.165, 1.54) is 28.9 Å². The molecular weight excluding hydrogens is 446 g/mol. The van der Waals surface area contributed by atoms with Crippen molar-refractivity contribution in [1.29, 1.82) is 0 Å². The molecule has 0 aliphatic carbocycles. The molecule has 0 radical (unpaired) electrons. The largest absolute Gasteiger partial charge is 0.323 e. The standard InChI is InChI=1S/C22H17F2N3O2S.C2H7N/c23-22(24)20-19(15-7-3-1-4-8-15)21(27(26-20)17-9-5-2-6-10-17)16-11-13-18(14-12-16)30(25,28)29;1-3-2/h1-14,22H,(H2,25,28,29);3H,1-2H3. The summed E-state index contributed by atoms with van der Waals surface area (Å²) in [6, 6.07) is 23.5. The van der Waals surface area contributed by atoms with Crippen LogP contribution in [-0.4, -0.2) is 32.3 Å². The highest BCUT2D eigenvalue weighted by Gasteiger charge is 2.27. The summed E-state index contributed by atoms with van der Waals surface area (Å²) >= 11 is 0. The summed E-state index contributed by atoms with van der Waals surface area (Å²) in [5.74, 6) is 0. The molecule has 0 amide bonds. The van der Waals surface area contributed by atoms with E-state index < -0.39 is 16.4 Å². The quantitative estimate of drug-likeness (QED) is 0.445. The van der Waals surface area contributed by atoms with Crippen molar-refractivity contribution >= 4 is 10.0 Å². The first kappa shape index (κ1) is 24.2. The number of primary sulfonamides is 1. The molecule has 9 heteroatoms. The van der Waals surface area contributed by atoms with Crippen LogP contribution in [-0.2, 0) is 10.0 Å². The molecule has 0 aliphatic rings. The predicted molar refractivity (Wildman–Crippen MR) is 126 cm³/mol. The molecule has 4 rings (SSSR count). The van der Waals surface area contributed by atoms with E-state index in [0.717, 1.165) is 0 Å². The van der Waals surface area contributed by atoms with Gasteiger partial charge in [0.1, 0.15) is 5.69 Å². The van der Waals surface area contributed by atoms with Gasteiger partial charge in [0, 0.05) is 11.1 Å². The summed E-state index contributed by atoms with van der Waals surface area (Å²) in [4.78, 5) is -0.0626. The van der Waals surface area contributed by atoms with Crippen molar-refractivity contribution in [3.63, 3.8) is 0 Å². The number of nitrogens with one attached hydrogen (secondary N) is 1. The first-order chi connectivity index (χ1) is 15.8. The summed E-state index contributed by atoms with van der Waals surface area (Å²) in [7, 11) is -0.127. The van der Waals surface area contributed by atoms with Gasteiger partial charge in [-0.2, -0.15) is 5.10 Å². The summed E-state index contributed by atoms with van der Waals surface area (Å²) < 4.78 is 52.7. The Morgan fingerprint density at radius 1 is 0.848 bits per heavy atom. The highest BCUT2D eigenvalue weighted by atomic mass is 32.2. The van der Waals surface area contributed by atoms with E-state index in [2.05, 4.69) is 10.4 Å². The first-order valence-corrected chi connectivity index (χ1v) is 11.6. The Morgan fingerprint density at radius 2 is 1.36 bits per heavy atom. The number of halogens is 2. The number of para-hydroxylation sites is 1. The molecule has 0 saturated carbocycles. The van der Waals surface area contributed by atoms with Crippen LogP contribution in [0.5, 0.6) is 0 Å². The second-order valence-electron chi connectivity index (χ2n) is 7.09. The Morgan fingerprint density at radius 3 is 1.85 bits per heavy atom. The fraction of sp³-hybridized carbons (Fsp3) is 0.125. The van der Waals surface area contributed by atoms with Crippen LogP contribution in [0.1, 0.15) is 12.1 Å². The van der Waals surface area contributed by atoms with Crippen LogP contribution in [0.2, 0.25) is 0 Å². The van der Waals surface area contributed by atoms with Crippen molar-refractivity contribution in [3.8, 4) is 28.1 Å². The van der Waals surface area contributed by atoms with E-state index in [1.807, 2.05) is 20.2 Å². The fourth-order valence-electron chi connectivity index (χ4n) is 3.30. The van der Waals surface area contributed by atoms with Gasteiger partial charge >= 0.3 is 0 Å². The second-order valence-corrected chi connectivity index (χ2v) is 8.65. The van der Waals surface area contributed by atoms with Gasteiger partial charge in [-0.05, 0) is 43.9 Å². The van der Waals surface area contributed by atoms with Crippen molar-refractivity contribution in [2.45, 2.75) is 11.3 Å². The number of aromatic nitrogens is 2. The highest BCUT2D eigenvalue weighted by Crippen LogP contribution is 2.40.